The van der Waals surface area contributed by atoms with Crippen molar-refractivity contribution >= 4 is 17.2 Å². The number of nitrogens with one attached hydrogen (secondary N) is 1. The smallest absolute Gasteiger partial charge is 0.263 e. The van der Waals surface area contributed by atoms with Gasteiger partial charge in [0, 0.05) is 6.54 Å². The Labute approximate surface area is 101 Å². The molecule has 2 N–H and O–H groups in total. The second kappa shape index (κ2) is 5.02. The molecule has 0 aliphatic carbocycles. The van der Waals surface area contributed by atoms with Crippen LogP contribution in [-0.2, 0) is 0 Å². The van der Waals surface area contributed by atoms with Crippen molar-refractivity contribution in [3.63, 3.8) is 0 Å². The number of aliphatic hydroxyl groups excluding tert-OH is 1. The summed E-state index contributed by atoms with van der Waals surface area (Å²) in [6.45, 7) is 1.82. The van der Waals surface area contributed by atoms with E-state index in [9.17, 15) is 4.79 Å². The summed E-state index contributed by atoms with van der Waals surface area (Å²) in [5, 5.41) is 24.3. The zero-order valence-electron chi connectivity index (χ0n) is 9.07. The molecule has 2 aromatic heterocycles. The molecular formula is C9H11N5O2S. The van der Waals surface area contributed by atoms with E-state index >= 15 is 0 Å². The highest BCUT2D eigenvalue weighted by molar-refractivity contribution is 7.12. The van der Waals surface area contributed by atoms with Crippen molar-refractivity contribution in [1.29, 1.82) is 0 Å². The summed E-state index contributed by atoms with van der Waals surface area (Å²) in [6.07, 6.45) is 0.850. The normalized spacial score (nSPS) is 12.4. The highest BCUT2D eigenvalue weighted by Crippen LogP contribution is 2.19. The SMILES string of the molecule is C[C@@H](O)CNC(=O)c1sccc1-n1cnnn1. The molecule has 0 radical (unpaired) electrons. The third-order valence-corrected chi connectivity index (χ3v) is 2.91. The van der Waals surface area contributed by atoms with E-state index in [1.165, 1.54) is 22.3 Å². The quantitative estimate of drug-likeness (QED) is 0.789. The number of aliphatic hydroxyl groups is 1. The van der Waals surface area contributed by atoms with Gasteiger partial charge in [0.15, 0.2) is 0 Å². The van der Waals surface area contributed by atoms with Gasteiger partial charge >= 0.3 is 0 Å². The number of nitrogens with zero attached hydrogens (tertiary/aromatic N) is 4. The highest BCUT2D eigenvalue weighted by Gasteiger charge is 2.15. The van der Waals surface area contributed by atoms with Gasteiger partial charge in [-0.05, 0) is 28.8 Å². The molecular weight excluding hydrogens is 242 g/mol. The van der Waals surface area contributed by atoms with E-state index in [1.807, 2.05) is 0 Å². The minimum atomic E-state index is -0.574. The van der Waals surface area contributed by atoms with Crippen molar-refractivity contribution in [3.8, 4) is 5.69 Å². The molecule has 0 saturated heterocycles. The molecule has 1 amide bonds. The lowest BCUT2D eigenvalue weighted by Gasteiger charge is -2.06. The predicted molar refractivity (Wildman–Crippen MR) is 61.0 cm³/mol. The maximum atomic E-state index is 11.8. The number of hydrogen-bond acceptors (Lipinski definition) is 6. The minimum absolute atomic E-state index is 0.214. The standard InChI is InChI=1S/C9H11N5O2S/c1-6(15)4-10-9(16)8-7(2-3-17-8)14-5-11-12-13-14/h2-3,5-6,15H,4H2,1H3,(H,10,16)/t6-/m1/s1. The molecule has 2 heterocycles. The second-order valence-corrected chi connectivity index (χ2v) is 4.36. The van der Waals surface area contributed by atoms with Crippen molar-refractivity contribution in [2.75, 3.05) is 6.54 Å². The van der Waals surface area contributed by atoms with Gasteiger partial charge in [0.2, 0.25) is 0 Å². The molecule has 0 unspecified atom stereocenters. The topological polar surface area (TPSA) is 92.9 Å². The number of carbonyl (C=O) groups excluding carboxylic acids is 1. The van der Waals surface area contributed by atoms with Crippen molar-refractivity contribution < 1.29 is 9.90 Å². The molecule has 0 saturated carbocycles. The molecule has 0 aliphatic rings. The van der Waals surface area contributed by atoms with Gasteiger partial charge in [-0.1, -0.05) is 0 Å². The minimum Gasteiger partial charge on any atom is -0.392 e. The fourth-order valence-electron chi connectivity index (χ4n) is 1.25. The van der Waals surface area contributed by atoms with Gasteiger partial charge in [-0.2, -0.15) is 4.68 Å². The van der Waals surface area contributed by atoms with Gasteiger partial charge < -0.3 is 10.4 Å². The second-order valence-electron chi connectivity index (χ2n) is 3.45. The first-order valence-electron chi connectivity index (χ1n) is 4.95. The van der Waals surface area contributed by atoms with Crippen molar-refractivity contribution in [2.45, 2.75) is 13.0 Å². The first kappa shape index (κ1) is 11.7. The summed E-state index contributed by atoms with van der Waals surface area (Å²) >= 11 is 1.30. The average molecular weight is 253 g/mol. The number of carbonyl (C=O) groups is 1. The summed E-state index contributed by atoms with van der Waals surface area (Å²) in [7, 11) is 0. The van der Waals surface area contributed by atoms with Gasteiger partial charge in [-0.15, -0.1) is 16.4 Å². The number of hydrogen-bond donors (Lipinski definition) is 2. The maximum Gasteiger partial charge on any atom is 0.263 e. The first-order valence-corrected chi connectivity index (χ1v) is 5.83. The Hall–Kier alpha value is -1.80. The van der Waals surface area contributed by atoms with Crippen molar-refractivity contribution in [3.05, 3.63) is 22.7 Å². The Bertz CT molecular complexity index is 493. The Morgan fingerprint density at radius 3 is 3.18 bits per heavy atom. The zero-order chi connectivity index (χ0) is 12.3. The molecule has 0 fully saturated rings. The van der Waals surface area contributed by atoms with Crippen molar-refractivity contribution in [1.82, 2.24) is 25.5 Å². The summed E-state index contributed by atoms with van der Waals surface area (Å²) in [5.41, 5.74) is 0.628. The number of thiophene rings is 1. The Morgan fingerprint density at radius 2 is 2.53 bits per heavy atom. The van der Waals surface area contributed by atoms with E-state index in [4.69, 9.17) is 5.11 Å². The Balaban J connectivity index is 2.17. The van der Waals surface area contributed by atoms with Gasteiger partial charge in [-0.25, -0.2) is 0 Å². The average Bonchev–Trinajstić information content (AvgIpc) is 2.94. The van der Waals surface area contributed by atoms with E-state index < -0.39 is 6.10 Å². The van der Waals surface area contributed by atoms with Crippen LogP contribution in [0, 0.1) is 0 Å². The van der Waals surface area contributed by atoms with Crippen LogP contribution in [0.2, 0.25) is 0 Å². The van der Waals surface area contributed by atoms with Crippen LogP contribution >= 0.6 is 11.3 Å². The molecule has 1 atom stereocenters. The van der Waals surface area contributed by atoms with Gasteiger partial charge in [-0.3, -0.25) is 4.79 Å². The van der Waals surface area contributed by atoms with Gasteiger partial charge in [0.1, 0.15) is 11.2 Å². The van der Waals surface area contributed by atoms with Crippen LogP contribution in [0.5, 0.6) is 0 Å². The fourth-order valence-corrected chi connectivity index (χ4v) is 2.04. The van der Waals surface area contributed by atoms with Crippen LogP contribution in [-0.4, -0.2) is 43.9 Å². The van der Waals surface area contributed by atoms with Crippen LogP contribution in [0.1, 0.15) is 16.6 Å². The van der Waals surface area contributed by atoms with Gasteiger partial charge in [0.05, 0.1) is 11.8 Å². The van der Waals surface area contributed by atoms with E-state index in [0.29, 0.717) is 10.6 Å². The molecule has 8 heteroatoms. The fraction of sp³-hybridized carbons (Fsp3) is 0.333. The predicted octanol–water partition coefficient (Wildman–Crippen LogP) is -0.166. The molecule has 0 aromatic carbocycles. The molecule has 0 bridgehead atoms. The first-order chi connectivity index (χ1) is 8.18. The molecule has 2 aromatic rings. The van der Waals surface area contributed by atoms with Crippen LogP contribution in [0.25, 0.3) is 5.69 Å². The molecule has 7 nitrogen and oxygen atoms in total. The number of amides is 1. The molecule has 2 rings (SSSR count). The van der Waals surface area contributed by atoms with Crippen LogP contribution in [0.15, 0.2) is 17.8 Å². The molecule has 0 aliphatic heterocycles. The highest BCUT2D eigenvalue weighted by atomic mass is 32.1. The van der Waals surface area contributed by atoms with E-state index in [1.54, 1.807) is 18.4 Å². The summed E-state index contributed by atoms with van der Waals surface area (Å²) in [4.78, 5) is 12.3. The number of tetrazole rings is 1. The lowest BCUT2D eigenvalue weighted by molar-refractivity contribution is 0.0928. The number of rotatable bonds is 4. The zero-order valence-corrected chi connectivity index (χ0v) is 9.89. The van der Waals surface area contributed by atoms with Crippen LogP contribution in [0.3, 0.4) is 0 Å². The van der Waals surface area contributed by atoms with E-state index in [2.05, 4.69) is 20.8 Å². The number of aromatic nitrogens is 4. The largest absolute Gasteiger partial charge is 0.392 e. The Kier molecular flexibility index (Phi) is 3.45. The third-order valence-electron chi connectivity index (χ3n) is 2.00. The summed E-state index contributed by atoms with van der Waals surface area (Å²) in [5.74, 6) is -0.244. The van der Waals surface area contributed by atoms with Crippen molar-refractivity contribution in [2.24, 2.45) is 0 Å². The Morgan fingerprint density at radius 1 is 1.71 bits per heavy atom. The summed E-state index contributed by atoms with van der Waals surface area (Å²) < 4.78 is 1.42. The van der Waals surface area contributed by atoms with E-state index in [-0.39, 0.29) is 12.5 Å². The van der Waals surface area contributed by atoms with Crippen LogP contribution < -0.4 is 5.32 Å². The molecule has 17 heavy (non-hydrogen) atoms. The van der Waals surface area contributed by atoms with Gasteiger partial charge in [0.25, 0.3) is 5.91 Å². The molecule has 90 valence electrons. The molecule has 0 spiro atoms. The third kappa shape index (κ3) is 2.66. The maximum absolute atomic E-state index is 11.8. The lowest BCUT2D eigenvalue weighted by atomic mass is 10.3. The monoisotopic (exact) mass is 253 g/mol. The van der Waals surface area contributed by atoms with Crippen LogP contribution in [0.4, 0.5) is 0 Å². The van der Waals surface area contributed by atoms with E-state index in [0.717, 1.165) is 0 Å². The summed E-state index contributed by atoms with van der Waals surface area (Å²) in [6, 6.07) is 1.76. The lowest BCUT2D eigenvalue weighted by Crippen LogP contribution is -2.30.